The first-order valence-electron chi connectivity index (χ1n) is 5.72. The number of amides is 1. The van der Waals surface area contributed by atoms with Crippen LogP contribution in [0, 0.1) is 5.41 Å². The van der Waals surface area contributed by atoms with E-state index in [-0.39, 0.29) is 17.4 Å². The Balaban J connectivity index is 1.89. The van der Waals surface area contributed by atoms with E-state index in [0.29, 0.717) is 6.42 Å². The molecule has 2 N–H and O–H groups in total. The molecule has 2 saturated heterocycles. The fourth-order valence-electron chi connectivity index (χ4n) is 2.52. The van der Waals surface area contributed by atoms with Crippen molar-refractivity contribution < 1.29 is 9.53 Å². The van der Waals surface area contributed by atoms with Crippen molar-refractivity contribution in [1.29, 1.82) is 0 Å². The number of nitrogens with two attached hydrogens (primary N) is 1. The third-order valence-electron chi connectivity index (χ3n) is 3.47. The Morgan fingerprint density at radius 2 is 2.40 bits per heavy atom. The van der Waals surface area contributed by atoms with E-state index in [1.165, 1.54) is 0 Å². The average molecular weight is 212 g/mol. The highest BCUT2D eigenvalue weighted by Gasteiger charge is 2.42. The summed E-state index contributed by atoms with van der Waals surface area (Å²) in [5.41, 5.74) is 5.91. The molecule has 2 fully saturated rings. The van der Waals surface area contributed by atoms with Crippen LogP contribution in [0.15, 0.2) is 0 Å². The fourth-order valence-corrected chi connectivity index (χ4v) is 2.52. The van der Waals surface area contributed by atoms with E-state index in [1.807, 2.05) is 11.8 Å². The lowest BCUT2D eigenvalue weighted by atomic mass is 9.87. The summed E-state index contributed by atoms with van der Waals surface area (Å²) in [6.07, 6.45) is 2.67. The van der Waals surface area contributed by atoms with Gasteiger partial charge in [0, 0.05) is 37.6 Å². The Kier molecular flexibility index (Phi) is 2.98. The van der Waals surface area contributed by atoms with Crippen molar-refractivity contribution in [3.63, 3.8) is 0 Å². The minimum Gasteiger partial charge on any atom is -0.381 e. The second-order valence-corrected chi connectivity index (χ2v) is 5.05. The van der Waals surface area contributed by atoms with Gasteiger partial charge < -0.3 is 15.4 Å². The molecule has 15 heavy (non-hydrogen) atoms. The lowest BCUT2D eigenvalue weighted by Gasteiger charge is -2.22. The number of carbonyl (C=O) groups excluding carboxylic acids is 1. The molecule has 4 heteroatoms. The van der Waals surface area contributed by atoms with Crippen molar-refractivity contribution in [2.24, 2.45) is 11.1 Å². The van der Waals surface area contributed by atoms with Crippen LogP contribution in [0.2, 0.25) is 0 Å². The van der Waals surface area contributed by atoms with E-state index >= 15 is 0 Å². The Labute approximate surface area is 90.8 Å². The number of carbonyl (C=O) groups is 1. The Hall–Kier alpha value is -0.610. The van der Waals surface area contributed by atoms with E-state index < -0.39 is 0 Å². The van der Waals surface area contributed by atoms with Crippen molar-refractivity contribution in [2.75, 3.05) is 26.3 Å². The Morgan fingerprint density at radius 1 is 1.60 bits per heavy atom. The number of nitrogens with zero attached hydrogens (tertiary/aromatic N) is 1. The van der Waals surface area contributed by atoms with Gasteiger partial charge in [-0.2, -0.15) is 0 Å². The number of hydrogen-bond donors (Lipinski definition) is 1. The summed E-state index contributed by atoms with van der Waals surface area (Å²) >= 11 is 0. The molecular weight excluding hydrogens is 192 g/mol. The topological polar surface area (TPSA) is 55.6 Å². The molecule has 2 heterocycles. The zero-order valence-corrected chi connectivity index (χ0v) is 9.37. The lowest BCUT2D eigenvalue weighted by Crippen LogP contribution is -2.35. The van der Waals surface area contributed by atoms with Crippen LogP contribution in [0.1, 0.15) is 26.2 Å². The van der Waals surface area contributed by atoms with Crippen LogP contribution < -0.4 is 5.73 Å². The van der Waals surface area contributed by atoms with Crippen LogP contribution in [0.4, 0.5) is 0 Å². The maximum absolute atomic E-state index is 11.8. The molecule has 0 saturated carbocycles. The predicted molar refractivity (Wildman–Crippen MR) is 57.3 cm³/mol. The summed E-state index contributed by atoms with van der Waals surface area (Å²) in [4.78, 5) is 13.8. The largest absolute Gasteiger partial charge is 0.381 e. The normalized spacial score (nSPS) is 32.5. The molecule has 0 aliphatic carbocycles. The molecule has 1 spiro atoms. The molecule has 4 nitrogen and oxygen atoms in total. The second-order valence-electron chi connectivity index (χ2n) is 5.05. The molecule has 1 amide bonds. The average Bonchev–Trinajstić information content (AvgIpc) is 2.76. The standard InChI is InChI=1S/C11H20N2O2/c1-9(12)6-10(14)13-4-2-11(7-13)3-5-15-8-11/h9H,2-8,12H2,1H3. The minimum absolute atomic E-state index is 0.0334. The Bertz CT molecular complexity index is 247. The van der Waals surface area contributed by atoms with E-state index in [1.54, 1.807) is 0 Å². The highest BCUT2D eigenvalue weighted by atomic mass is 16.5. The van der Waals surface area contributed by atoms with Crippen LogP contribution in [-0.4, -0.2) is 43.2 Å². The molecule has 2 aliphatic heterocycles. The molecule has 0 aromatic rings. The maximum Gasteiger partial charge on any atom is 0.224 e. The van der Waals surface area contributed by atoms with Crippen molar-refractivity contribution in [2.45, 2.75) is 32.2 Å². The predicted octanol–water partition coefficient (Wildman–Crippen LogP) is 0.363. The highest BCUT2D eigenvalue weighted by Crippen LogP contribution is 2.38. The third-order valence-corrected chi connectivity index (χ3v) is 3.47. The van der Waals surface area contributed by atoms with Gasteiger partial charge >= 0.3 is 0 Å². The molecule has 2 rings (SSSR count). The van der Waals surface area contributed by atoms with Gasteiger partial charge in [-0.1, -0.05) is 0 Å². The summed E-state index contributed by atoms with van der Waals surface area (Å²) in [6, 6.07) is -0.0334. The summed E-state index contributed by atoms with van der Waals surface area (Å²) in [5, 5.41) is 0. The molecule has 0 radical (unpaired) electrons. The molecule has 86 valence electrons. The first kappa shape index (κ1) is 10.9. The van der Waals surface area contributed by atoms with Gasteiger partial charge in [0.1, 0.15) is 0 Å². The van der Waals surface area contributed by atoms with E-state index in [9.17, 15) is 4.79 Å². The first-order chi connectivity index (χ1) is 7.11. The molecule has 2 atom stereocenters. The maximum atomic E-state index is 11.8. The summed E-state index contributed by atoms with van der Waals surface area (Å²) < 4.78 is 5.43. The summed E-state index contributed by atoms with van der Waals surface area (Å²) in [7, 11) is 0. The van der Waals surface area contributed by atoms with Crippen molar-refractivity contribution in [3.8, 4) is 0 Å². The molecule has 0 aromatic heterocycles. The third kappa shape index (κ3) is 2.32. The minimum atomic E-state index is -0.0334. The quantitative estimate of drug-likeness (QED) is 0.719. The molecule has 2 unspecified atom stereocenters. The Morgan fingerprint density at radius 3 is 3.00 bits per heavy atom. The number of likely N-dealkylation sites (tertiary alicyclic amines) is 1. The first-order valence-corrected chi connectivity index (χ1v) is 5.72. The van der Waals surface area contributed by atoms with Gasteiger partial charge in [0.05, 0.1) is 6.61 Å². The zero-order chi connectivity index (χ0) is 10.9. The number of rotatable bonds is 2. The van der Waals surface area contributed by atoms with Crippen LogP contribution in [0.3, 0.4) is 0 Å². The second kappa shape index (κ2) is 4.10. The fraction of sp³-hybridized carbons (Fsp3) is 0.909. The van der Waals surface area contributed by atoms with Crippen LogP contribution in [0.25, 0.3) is 0 Å². The zero-order valence-electron chi connectivity index (χ0n) is 9.37. The van der Waals surface area contributed by atoms with Gasteiger partial charge in [-0.3, -0.25) is 4.79 Å². The van der Waals surface area contributed by atoms with E-state index in [0.717, 1.165) is 39.1 Å². The van der Waals surface area contributed by atoms with Gasteiger partial charge in [-0.15, -0.1) is 0 Å². The van der Waals surface area contributed by atoms with Crippen molar-refractivity contribution >= 4 is 5.91 Å². The van der Waals surface area contributed by atoms with Crippen LogP contribution in [-0.2, 0) is 9.53 Å². The smallest absolute Gasteiger partial charge is 0.224 e. The summed E-state index contributed by atoms with van der Waals surface area (Å²) in [6.45, 7) is 5.32. The number of hydrogen-bond acceptors (Lipinski definition) is 3. The summed E-state index contributed by atoms with van der Waals surface area (Å²) in [5.74, 6) is 0.203. The molecule has 0 aromatic carbocycles. The van der Waals surface area contributed by atoms with Gasteiger partial charge in [0.2, 0.25) is 5.91 Å². The molecule has 2 aliphatic rings. The van der Waals surface area contributed by atoms with E-state index in [4.69, 9.17) is 10.5 Å². The number of ether oxygens (including phenoxy) is 1. The monoisotopic (exact) mass is 212 g/mol. The lowest BCUT2D eigenvalue weighted by molar-refractivity contribution is -0.130. The van der Waals surface area contributed by atoms with Crippen LogP contribution >= 0.6 is 0 Å². The van der Waals surface area contributed by atoms with Crippen molar-refractivity contribution in [3.05, 3.63) is 0 Å². The van der Waals surface area contributed by atoms with Gasteiger partial charge in [-0.25, -0.2) is 0 Å². The van der Waals surface area contributed by atoms with Gasteiger partial charge in [-0.05, 0) is 19.8 Å². The van der Waals surface area contributed by atoms with Gasteiger partial charge in [0.25, 0.3) is 0 Å². The molecule has 0 bridgehead atoms. The van der Waals surface area contributed by atoms with Crippen LogP contribution in [0.5, 0.6) is 0 Å². The van der Waals surface area contributed by atoms with Gasteiger partial charge in [0.15, 0.2) is 0 Å². The van der Waals surface area contributed by atoms with Crippen molar-refractivity contribution in [1.82, 2.24) is 4.90 Å². The van der Waals surface area contributed by atoms with E-state index in [2.05, 4.69) is 0 Å². The molecular formula is C11H20N2O2. The highest BCUT2D eigenvalue weighted by molar-refractivity contribution is 5.77. The SMILES string of the molecule is CC(N)CC(=O)N1CCC2(CCOC2)C1.